The van der Waals surface area contributed by atoms with E-state index in [9.17, 15) is 29.1 Å². The predicted molar refractivity (Wildman–Crippen MR) is 191 cm³/mol. The molecular formula is C36H62N4O11. The Bertz CT molecular complexity index is 1170. The van der Waals surface area contributed by atoms with Crippen LogP contribution in [0, 0.1) is 0 Å². The molecule has 2 unspecified atom stereocenters. The van der Waals surface area contributed by atoms with Crippen molar-refractivity contribution in [1.82, 2.24) is 19.6 Å². The Balaban J connectivity index is 0.000000510. The maximum Gasteiger partial charge on any atom is 0.410 e. The quantitative estimate of drug-likeness (QED) is 0.166. The maximum absolute atomic E-state index is 12.5. The summed E-state index contributed by atoms with van der Waals surface area (Å²) in [5, 5.41) is 10.00. The molecule has 2 aliphatic heterocycles. The summed E-state index contributed by atoms with van der Waals surface area (Å²) in [7, 11) is 0. The predicted octanol–water partition coefficient (Wildman–Crippen LogP) is 5.36. The molecule has 0 aromatic rings. The molecule has 4 amide bonds. The number of esters is 1. The summed E-state index contributed by atoms with van der Waals surface area (Å²) in [6, 6.07) is -0.578. The van der Waals surface area contributed by atoms with Crippen molar-refractivity contribution in [1.29, 1.82) is 0 Å². The molecule has 2 heterocycles. The molecule has 0 aromatic carbocycles. The summed E-state index contributed by atoms with van der Waals surface area (Å²) >= 11 is 0. The third-order valence-corrected chi connectivity index (χ3v) is 7.46. The minimum Gasteiger partial charge on any atom is -0.466 e. The van der Waals surface area contributed by atoms with Gasteiger partial charge in [-0.3, -0.25) is 4.79 Å². The third-order valence-electron chi connectivity index (χ3n) is 7.46. The van der Waals surface area contributed by atoms with Gasteiger partial charge in [0.15, 0.2) is 0 Å². The van der Waals surface area contributed by atoms with Gasteiger partial charge in [-0.05, 0) is 81.6 Å². The Morgan fingerprint density at radius 1 is 0.667 bits per heavy atom. The monoisotopic (exact) mass is 726 g/mol. The van der Waals surface area contributed by atoms with Crippen LogP contribution in [0.3, 0.4) is 0 Å². The number of hydrogen-bond acceptors (Lipinski definition) is 11. The van der Waals surface area contributed by atoms with Gasteiger partial charge in [-0.15, -0.1) is 0 Å². The second kappa shape index (κ2) is 20.7. The molecule has 292 valence electrons. The molecule has 1 N–H and O–H groups in total. The summed E-state index contributed by atoms with van der Waals surface area (Å²) in [6.45, 7) is 25.7. The molecule has 15 nitrogen and oxygen atoms in total. The van der Waals surface area contributed by atoms with Crippen molar-refractivity contribution < 1.29 is 52.8 Å². The molecule has 51 heavy (non-hydrogen) atoms. The van der Waals surface area contributed by atoms with E-state index in [2.05, 4.69) is 13.2 Å². The van der Waals surface area contributed by atoms with E-state index >= 15 is 0 Å². The number of carbonyl (C=O) groups is 5. The van der Waals surface area contributed by atoms with E-state index in [4.69, 9.17) is 23.7 Å². The first kappa shape index (κ1) is 45.0. The summed E-state index contributed by atoms with van der Waals surface area (Å²) < 4.78 is 26.0. The van der Waals surface area contributed by atoms with Gasteiger partial charge in [0.05, 0.1) is 24.3 Å². The van der Waals surface area contributed by atoms with E-state index in [1.165, 1.54) is 17.1 Å². The van der Waals surface area contributed by atoms with Crippen LogP contribution in [0.15, 0.2) is 25.3 Å². The molecule has 0 aliphatic carbocycles. The van der Waals surface area contributed by atoms with Gasteiger partial charge in [0.25, 0.3) is 0 Å². The fourth-order valence-electron chi connectivity index (χ4n) is 5.14. The average molecular weight is 727 g/mol. The van der Waals surface area contributed by atoms with Gasteiger partial charge in [-0.2, -0.15) is 0 Å². The molecule has 2 saturated heterocycles. The highest BCUT2D eigenvalue weighted by Crippen LogP contribution is 2.23. The number of carbonyl (C=O) groups excluding carboxylic acids is 5. The van der Waals surface area contributed by atoms with Gasteiger partial charge < -0.3 is 48.4 Å². The molecule has 2 atom stereocenters. The highest BCUT2D eigenvalue weighted by atomic mass is 16.6. The van der Waals surface area contributed by atoms with E-state index in [0.717, 1.165) is 0 Å². The van der Waals surface area contributed by atoms with Crippen molar-refractivity contribution in [2.45, 2.75) is 117 Å². The lowest BCUT2D eigenvalue weighted by molar-refractivity contribution is -0.143. The summed E-state index contributed by atoms with van der Waals surface area (Å²) in [6.07, 6.45) is 2.88. The third kappa shape index (κ3) is 18.2. The smallest absolute Gasteiger partial charge is 0.410 e. The van der Waals surface area contributed by atoms with Crippen molar-refractivity contribution in [2.24, 2.45) is 0 Å². The van der Waals surface area contributed by atoms with Gasteiger partial charge in [0.1, 0.15) is 24.4 Å². The summed E-state index contributed by atoms with van der Waals surface area (Å²) in [5.74, 6) is -0.331. The molecule has 15 heteroatoms. The van der Waals surface area contributed by atoms with E-state index in [-0.39, 0.29) is 44.2 Å². The zero-order chi connectivity index (χ0) is 39.0. The van der Waals surface area contributed by atoms with Crippen LogP contribution in [0.25, 0.3) is 0 Å². The van der Waals surface area contributed by atoms with Crippen LogP contribution in [0.5, 0.6) is 0 Å². The standard InChI is InChI=1S/C18H30N2O6.C18H32N2O5/c1-6-12-25-16(22)19-10-11-20(17(23)26-18(3,4)5)14(13-19)8-9-15(21)24-7-2;1-7-12-24-15(21)19-10-11-20(16(22)25-17(2,3)4)14(13-19)8-9-18(5,6)23/h6,14H,1,7-13H2,2-5H3;7,14,23H,1,8-13H2,2-6H3. The second-order valence-electron chi connectivity index (χ2n) is 15.0. The summed E-state index contributed by atoms with van der Waals surface area (Å²) in [5.41, 5.74) is -2.05. The van der Waals surface area contributed by atoms with Crippen LogP contribution in [0.1, 0.15) is 88.0 Å². The minimum absolute atomic E-state index is 0.124. The number of rotatable bonds is 11. The maximum atomic E-state index is 12.5. The van der Waals surface area contributed by atoms with Crippen LogP contribution in [-0.4, -0.2) is 143 Å². The number of piperazine rings is 2. The van der Waals surface area contributed by atoms with Gasteiger partial charge in [0.2, 0.25) is 0 Å². The number of amides is 4. The second-order valence-corrected chi connectivity index (χ2v) is 15.0. The highest BCUT2D eigenvalue weighted by molar-refractivity contribution is 5.72. The largest absolute Gasteiger partial charge is 0.466 e. The molecular weight excluding hydrogens is 664 g/mol. The zero-order valence-electron chi connectivity index (χ0n) is 32.2. The van der Waals surface area contributed by atoms with E-state index in [1.807, 2.05) is 20.8 Å². The van der Waals surface area contributed by atoms with Crippen molar-refractivity contribution >= 4 is 30.3 Å². The molecule has 0 spiro atoms. The fraction of sp³-hybridized carbons (Fsp3) is 0.750. The van der Waals surface area contributed by atoms with Crippen LogP contribution in [-0.2, 0) is 28.5 Å². The van der Waals surface area contributed by atoms with Crippen molar-refractivity contribution in [3.8, 4) is 0 Å². The lowest BCUT2D eigenvalue weighted by atomic mass is 9.97. The van der Waals surface area contributed by atoms with Crippen LogP contribution in [0.4, 0.5) is 19.2 Å². The van der Waals surface area contributed by atoms with E-state index < -0.39 is 41.2 Å². The first-order valence-electron chi connectivity index (χ1n) is 17.5. The average Bonchev–Trinajstić information content (AvgIpc) is 3.02. The Morgan fingerprint density at radius 2 is 1.08 bits per heavy atom. The Morgan fingerprint density at radius 3 is 1.43 bits per heavy atom. The lowest BCUT2D eigenvalue weighted by Gasteiger charge is -2.41. The molecule has 2 fully saturated rings. The molecule has 0 aromatic heterocycles. The van der Waals surface area contributed by atoms with E-state index in [0.29, 0.717) is 58.6 Å². The van der Waals surface area contributed by atoms with E-state index in [1.54, 1.807) is 56.2 Å². The fourth-order valence-corrected chi connectivity index (χ4v) is 5.14. The normalized spacial score (nSPS) is 18.1. The Kier molecular flexibility index (Phi) is 18.3. The molecule has 0 bridgehead atoms. The SMILES string of the molecule is C=CCOC(=O)N1CCN(C(=O)OC(C)(C)C)C(CCC(=O)OCC)C1.C=CCOC(=O)N1CCN(C(=O)OC(C)(C)C)C(CCC(C)(C)O)C1. The zero-order valence-corrected chi connectivity index (χ0v) is 32.2. The highest BCUT2D eigenvalue weighted by Gasteiger charge is 2.37. The lowest BCUT2D eigenvalue weighted by Crippen LogP contribution is -2.57. The molecule has 2 rings (SSSR count). The van der Waals surface area contributed by atoms with Crippen LogP contribution in [0.2, 0.25) is 0 Å². The van der Waals surface area contributed by atoms with Gasteiger partial charge in [0, 0.05) is 45.7 Å². The molecule has 2 aliphatic rings. The van der Waals surface area contributed by atoms with Crippen LogP contribution < -0.4 is 0 Å². The van der Waals surface area contributed by atoms with Crippen molar-refractivity contribution in [3.63, 3.8) is 0 Å². The van der Waals surface area contributed by atoms with Crippen LogP contribution >= 0.6 is 0 Å². The first-order chi connectivity index (χ1) is 23.6. The van der Waals surface area contributed by atoms with Gasteiger partial charge >= 0.3 is 30.3 Å². The van der Waals surface area contributed by atoms with Gasteiger partial charge in [-0.25, -0.2) is 19.2 Å². The Labute approximate surface area is 303 Å². The molecule has 0 radical (unpaired) electrons. The minimum atomic E-state index is -0.842. The summed E-state index contributed by atoms with van der Waals surface area (Å²) in [4.78, 5) is 67.1. The number of hydrogen-bond donors (Lipinski definition) is 1. The van der Waals surface area contributed by atoms with Gasteiger partial charge in [-0.1, -0.05) is 25.3 Å². The number of ether oxygens (including phenoxy) is 5. The molecule has 0 saturated carbocycles. The first-order valence-corrected chi connectivity index (χ1v) is 17.5. The van der Waals surface area contributed by atoms with Crippen molar-refractivity contribution in [2.75, 3.05) is 59.1 Å². The van der Waals surface area contributed by atoms with Crippen molar-refractivity contribution in [3.05, 3.63) is 25.3 Å². The Hall–Kier alpha value is -4.01. The number of aliphatic hydroxyl groups is 1. The topological polar surface area (TPSA) is 165 Å². The number of nitrogens with zero attached hydrogens (tertiary/aromatic N) is 4.